The summed E-state index contributed by atoms with van der Waals surface area (Å²) in [6.45, 7) is -3.93. The van der Waals surface area contributed by atoms with Crippen molar-refractivity contribution in [2.24, 2.45) is 23.7 Å². The zero-order valence-corrected chi connectivity index (χ0v) is 58.1. The molecule has 0 aromatic heterocycles. The molecule has 0 amide bonds. The minimum absolute atomic E-state index is 0.0854. The van der Waals surface area contributed by atoms with Gasteiger partial charge in [0.2, 0.25) is 0 Å². The van der Waals surface area contributed by atoms with E-state index in [2.05, 4.69) is 60.7 Å². The van der Waals surface area contributed by atoms with Crippen molar-refractivity contribution in [1.29, 1.82) is 0 Å². The van der Waals surface area contributed by atoms with E-state index in [0.29, 0.717) is 6.42 Å². The average molecular weight is 1430 g/mol. The molecule has 21 heteroatoms. The largest absolute Gasteiger partial charge is 0.472 e. The van der Waals surface area contributed by atoms with Gasteiger partial charge >= 0.3 is 31.3 Å². The molecule has 0 heterocycles. The second kappa shape index (κ2) is 27.4. The van der Waals surface area contributed by atoms with Crippen molar-refractivity contribution in [1.82, 2.24) is 0 Å². The van der Waals surface area contributed by atoms with Gasteiger partial charge in [0.1, 0.15) is 0 Å². The Hall–Kier alpha value is -7.92. The number of aliphatic hydroxyl groups excluding tert-OH is 1. The summed E-state index contributed by atoms with van der Waals surface area (Å²) in [5, 5.41) is 34.9. The van der Waals surface area contributed by atoms with Crippen molar-refractivity contribution in [3.8, 4) is 0 Å². The van der Waals surface area contributed by atoms with Crippen molar-refractivity contribution in [3.05, 3.63) is 241 Å². The Balaban J connectivity index is 0.654. The first-order chi connectivity index (χ1) is 48.8. The summed E-state index contributed by atoms with van der Waals surface area (Å²) in [6, 6.07) is 72.6. The molecule has 7 atom stereocenters. The van der Waals surface area contributed by atoms with E-state index in [0.717, 1.165) is 152 Å². The van der Waals surface area contributed by atoms with Crippen LogP contribution in [0.4, 0.5) is 0 Å². The Morgan fingerprint density at radius 2 is 0.446 bits per heavy atom. The molecule has 0 radical (unpaired) electrons. The topological polar surface area (TPSA) is 254 Å². The van der Waals surface area contributed by atoms with E-state index in [1.165, 1.54) is 0 Å². The highest BCUT2D eigenvalue weighted by Gasteiger charge is 2.33. The maximum Gasteiger partial charge on any atom is 0.472 e. The first-order valence-electron chi connectivity index (χ1n) is 33.6. The molecule has 0 saturated carbocycles. The van der Waals surface area contributed by atoms with Crippen LogP contribution in [0.15, 0.2) is 218 Å². The Morgan fingerprint density at radius 3 is 0.683 bits per heavy atom. The van der Waals surface area contributed by atoms with Gasteiger partial charge in [-0.15, -0.1) is 0 Å². The van der Waals surface area contributed by atoms with Gasteiger partial charge in [0.05, 0.1) is 46.2 Å². The quantitative estimate of drug-likeness (QED) is 0.0181. The van der Waals surface area contributed by atoms with Crippen LogP contribution in [-0.2, 0) is 75.6 Å². The number of hydrogen-bond acceptors (Lipinski definition) is 12. The lowest BCUT2D eigenvalue weighted by molar-refractivity contribution is 0.0692. The molecule has 0 saturated heterocycles. The van der Waals surface area contributed by atoms with Crippen LogP contribution in [0.25, 0.3) is 129 Å². The summed E-state index contributed by atoms with van der Waals surface area (Å²) in [7, 11) is -20.1. The van der Waals surface area contributed by atoms with E-state index in [1.54, 1.807) is 0 Å². The van der Waals surface area contributed by atoms with Gasteiger partial charge in [-0.05, 0) is 177 Å². The first kappa shape index (κ1) is 67.6. The zero-order valence-electron chi connectivity index (χ0n) is 54.5. The van der Waals surface area contributed by atoms with E-state index < -0.39 is 94.6 Å². The standard InChI is InChI=1S/C80H70O17P4/c81-41-49(33-65-37-61-17-1-9-53-25-29-57-13-5-21-69(65)77(57)73(53)61)42-92-99(85,86)94-45-51(35-67-39-63-19-3-11-55-27-31-59-15-7-23-71(67)79(59)75(55)63)46-96-101(89,90)97-48-52(36-68-40-64-20-4-12-56-28-32-60-16-8-24-72(68)80(60)76(56)64)47-95-100(87,88)93-44-50(43-91-98(82,83)84)34-66-38-62-18-2-10-54-26-30-58-14-6-22-70(66)78(58)74(54)62/h1-32,37-40,49-52,81H,33-36,41-48H2,(H,85,86)(H,87,88)(H,89,90)(H2,82,83,84). The fraction of sp³-hybridized carbons (Fsp3) is 0.200. The molecule has 0 aliphatic rings. The second-order valence-electron chi connectivity index (χ2n) is 26.8. The lowest BCUT2D eigenvalue weighted by Crippen LogP contribution is -2.22. The van der Waals surface area contributed by atoms with Gasteiger partial charge in [0.25, 0.3) is 0 Å². The van der Waals surface area contributed by atoms with Gasteiger partial charge in [-0.2, -0.15) is 0 Å². The normalized spacial score (nSPS) is 15.8. The third-order valence-electron chi connectivity index (χ3n) is 20.0. The van der Waals surface area contributed by atoms with E-state index in [4.69, 9.17) is 31.7 Å². The molecule has 0 aliphatic carbocycles. The summed E-state index contributed by atoms with van der Waals surface area (Å²) >= 11 is 0. The summed E-state index contributed by atoms with van der Waals surface area (Å²) < 4.78 is 94.9. The number of benzene rings is 16. The Bertz CT molecular complexity index is 5980. The van der Waals surface area contributed by atoms with Crippen LogP contribution >= 0.6 is 31.3 Å². The molecule has 0 aliphatic heterocycles. The fourth-order valence-electron chi connectivity index (χ4n) is 15.5. The van der Waals surface area contributed by atoms with Crippen LogP contribution in [0, 0.1) is 23.7 Å². The van der Waals surface area contributed by atoms with E-state index in [1.807, 2.05) is 158 Å². The second-order valence-corrected chi connectivity index (χ2v) is 32.4. The number of hydrogen-bond donors (Lipinski definition) is 6. The van der Waals surface area contributed by atoms with Crippen LogP contribution < -0.4 is 0 Å². The molecule has 6 N–H and O–H groups in total. The number of phosphoric ester groups is 4. The molecule has 16 aromatic rings. The molecular weight excluding hydrogens is 1360 g/mol. The maximum atomic E-state index is 14.5. The maximum absolute atomic E-state index is 14.5. The molecule has 7 unspecified atom stereocenters. The van der Waals surface area contributed by atoms with Crippen molar-refractivity contribution in [2.75, 3.05) is 52.9 Å². The van der Waals surface area contributed by atoms with Gasteiger partial charge in [-0.3, -0.25) is 31.7 Å². The summed E-state index contributed by atoms with van der Waals surface area (Å²) in [5.74, 6) is -3.34. The van der Waals surface area contributed by atoms with Crippen molar-refractivity contribution in [3.63, 3.8) is 0 Å². The van der Waals surface area contributed by atoms with Gasteiger partial charge in [0, 0.05) is 30.3 Å². The minimum atomic E-state index is -5.11. The van der Waals surface area contributed by atoms with Crippen LogP contribution in [0.2, 0.25) is 0 Å². The highest BCUT2D eigenvalue weighted by atomic mass is 31.2. The number of phosphoric acid groups is 4. The lowest BCUT2D eigenvalue weighted by Gasteiger charge is -2.25. The van der Waals surface area contributed by atoms with E-state index in [-0.39, 0.29) is 32.5 Å². The van der Waals surface area contributed by atoms with Gasteiger partial charge in [0.15, 0.2) is 0 Å². The predicted molar refractivity (Wildman–Crippen MR) is 400 cm³/mol. The zero-order chi connectivity index (χ0) is 69.4. The van der Waals surface area contributed by atoms with Gasteiger partial charge in [-0.25, -0.2) is 18.3 Å². The molecule has 17 nitrogen and oxygen atoms in total. The smallest absolute Gasteiger partial charge is 0.396 e. The molecule has 101 heavy (non-hydrogen) atoms. The summed E-state index contributed by atoms with van der Waals surface area (Å²) in [5.41, 5.74) is 3.32. The molecule has 0 fully saturated rings. The predicted octanol–water partition coefficient (Wildman–Crippen LogP) is 18.5. The van der Waals surface area contributed by atoms with Crippen LogP contribution in [0.1, 0.15) is 22.3 Å². The number of rotatable bonds is 30. The highest BCUT2D eigenvalue weighted by Crippen LogP contribution is 2.51. The van der Waals surface area contributed by atoms with Crippen molar-refractivity contribution in [2.45, 2.75) is 25.7 Å². The number of aliphatic hydroxyl groups is 1. The van der Waals surface area contributed by atoms with Gasteiger partial charge in [-0.1, -0.05) is 218 Å². The van der Waals surface area contributed by atoms with Crippen LogP contribution in [0.3, 0.4) is 0 Å². The van der Waals surface area contributed by atoms with Gasteiger partial charge < -0.3 is 29.6 Å². The monoisotopic (exact) mass is 1430 g/mol. The molecule has 16 aromatic carbocycles. The average Bonchev–Trinajstić information content (AvgIpc) is 0.761. The molecule has 16 rings (SSSR count). The summed E-state index contributed by atoms with van der Waals surface area (Å²) in [6.07, 6.45) is 0.647. The Kier molecular flexibility index (Phi) is 18.3. The van der Waals surface area contributed by atoms with E-state index in [9.17, 15) is 47.8 Å². The SMILES string of the molecule is O=P(O)(O)OCC(COP(=O)(O)OCC(COP(=O)(O)OCC(COP(=O)(O)OCC(CO)Cc1cc2cccc3ccc4cccc1c4c32)Cc1cc2cccc3ccc4cccc1c4c32)Cc1cc2cccc3ccc4cccc1c4c32)Cc1cc2cccc3ccc4cccc1c4c32. The molecule has 0 bridgehead atoms. The minimum Gasteiger partial charge on any atom is -0.396 e. The third kappa shape index (κ3) is 13.9. The molecule has 0 spiro atoms. The van der Waals surface area contributed by atoms with Crippen LogP contribution in [0.5, 0.6) is 0 Å². The van der Waals surface area contributed by atoms with Crippen LogP contribution in [-0.4, -0.2) is 82.4 Å². The first-order valence-corrected chi connectivity index (χ1v) is 39.6. The van der Waals surface area contributed by atoms with Crippen molar-refractivity contribution < 1.29 is 79.5 Å². The van der Waals surface area contributed by atoms with Crippen molar-refractivity contribution >= 4 is 161 Å². The third-order valence-corrected chi connectivity index (χ3v) is 23.3. The highest BCUT2D eigenvalue weighted by molar-refractivity contribution is 7.48. The molecule has 512 valence electrons. The summed E-state index contributed by atoms with van der Waals surface area (Å²) in [4.78, 5) is 54.6. The Labute approximate surface area is 579 Å². The molecular formula is C80H70O17P4. The lowest BCUT2D eigenvalue weighted by atomic mass is 9.88. The Morgan fingerprint density at radius 1 is 0.248 bits per heavy atom. The van der Waals surface area contributed by atoms with E-state index >= 15 is 0 Å². The fourth-order valence-corrected chi connectivity index (χ4v) is 18.5.